The summed E-state index contributed by atoms with van der Waals surface area (Å²) in [5.74, 6) is 0.898. The third-order valence-electron chi connectivity index (χ3n) is 3.15. The Kier molecular flexibility index (Phi) is 4.58. The summed E-state index contributed by atoms with van der Waals surface area (Å²) in [5.41, 5.74) is 3.47. The highest BCUT2D eigenvalue weighted by atomic mass is 16.5. The molecule has 2 rings (SSSR count). The quantitative estimate of drug-likeness (QED) is 0.866. The van der Waals surface area contributed by atoms with Gasteiger partial charge >= 0.3 is 0 Å². The minimum atomic E-state index is 0.736. The minimum absolute atomic E-state index is 0.736. The number of aryl methyl sites for hydroxylation is 1. The van der Waals surface area contributed by atoms with Crippen molar-refractivity contribution in [2.24, 2.45) is 0 Å². The van der Waals surface area contributed by atoms with Gasteiger partial charge in [-0.2, -0.15) is 0 Å². The van der Waals surface area contributed by atoms with Crippen molar-refractivity contribution in [2.45, 2.75) is 26.9 Å². The molecule has 2 aromatic rings. The van der Waals surface area contributed by atoms with E-state index >= 15 is 0 Å². The number of nitrogens with one attached hydrogen (secondary N) is 1. The first-order valence-electron chi connectivity index (χ1n) is 6.64. The summed E-state index contributed by atoms with van der Waals surface area (Å²) in [6.07, 6.45) is 0. The van der Waals surface area contributed by atoms with Crippen molar-refractivity contribution in [3.63, 3.8) is 0 Å². The molecule has 1 heterocycles. The predicted octanol–water partition coefficient (Wildman–Crippen LogP) is 2.73. The molecule has 0 aliphatic carbocycles. The van der Waals surface area contributed by atoms with Gasteiger partial charge < -0.3 is 14.7 Å². The van der Waals surface area contributed by atoms with Crippen LogP contribution in [0.15, 0.2) is 34.9 Å². The molecule has 0 atom stereocenters. The van der Waals surface area contributed by atoms with Gasteiger partial charge in [-0.1, -0.05) is 23.4 Å². The Labute approximate surface area is 114 Å². The van der Waals surface area contributed by atoms with Crippen LogP contribution in [0.2, 0.25) is 0 Å². The van der Waals surface area contributed by atoms with Crippen molar-refractivity contribution < 1.29 is 4.52 Å². The second-order valence-electron chi connectivity index (χ2n) is 4.62. The standard InChI is InChI=1S/C15H21N3O/c1-4-18(15-8-6-5-7-12(15)2)11-14-9-13(10-16-3)17-19-14/h5-9,16H,4,10-11H2,1-3H3. The lowest BCUT2D eigenvalue weighted by molar-refractivity contribution is 0.374. The molecular formula is C15H21N3O. The van der Waals surface area contributed by atoms with Crippen LogP contribution in [-0.4, -0.2) is 18.7 Å². The number of anilines is 1. The molecule has 0 unspecified atom stereocenters. The maximum atomic E-state index is 5.38. The highest BCUT2D eigenvalue weighted by Crippen LogP contribution is 2.21. The summed E-state index contributed by atoms with van der Waals surface area (Å²) < 4.78 is 5.38. The van der Waals surface area contributed by atoms with E-state index in [1.807, 2.05) is 13.1 Å². The molecule has 0 saturated carbocycles. The van der Waals surface area contributed by atoms with Crippen LogP contribution in [-0.2, 0) is 13.1 Å². The molecule has 4 nitrogen and oxygen atoms in total. The summed E-state index contributed by atoms with van der Waals surface area (Å²) in [4.78, 5) is 2.29. The van der Waals surface area contributed by atoms with Crippen molar-refractivity contribution in [3.8, 4) is 0 Å². The van der Waals surface area contributed by atoms with Crippen LogP contribution in [0.3, 0.4) is 0 Å². The largest absolute Gasteiger partial charge is 0.364 e. The van der Waals surface area contributed by atoms with Crippen molar-refractivity contribution in [1.82, 2.24) is 10.5 Å². The number of aromatic nitrogens is 1. The zero-order valence-electron chi connectivity index (χ0n) is 11.8. The summed E-state index contributed by atoms with van der Waals surface area (Å²) in [6, 6.07) is 10.4. The highest BCUT2D eigenvalue weighted by Gasteiger charge is 2.11. The van der Waals surface area contributed by atoms with Gasteiger partial charge in [-0.15, -0.1) is 0 Å². The van der Waals surface area contributed by atoms with E-state index in [2.05, 4.69) is 53.5 Å². The normalized spacial score (nSPS) is 10.7. The second-order valence-corrected chi connectivity index (χ2v) is 4.62. The van der Waals surface area contributed by atoms with Crippen LogP contribution < -0.4 is 10.2 Å². The van der Waals surface area contributed by atoms with Gasteiger partial charge in [0.05, 0.1) is 12.2 Å². The number of benzene rings is 1. The van der Waals surface area contributed by atoms with E-state index in [9.17, 15) is 0 Å². The van der Waals surface area contributed by atoms with Crippen LogP contribution >= 0.6 is 0 Å². The number of hydrogen-bond donors (Lipinski definition) is 1. The molecule has 0 aliphatic heterocycles. The maximum Gasteiger partial charge on any atom is 0.156 e. The van der Waals surface area contributed by atoms with Gasteiger partial charge in [-0.05, 0) is 32.5 Å². The van der Waals surface area contributed by atoms with E-state index < -0.39 is 0 Å². The Morgan fingerprint density at radius 3 is 2.79 bits per heavy atom. The topological polar surface area (TPSA) is 41.3 Å². The highest BCUT2D eigenvalue weighted by molar-refractivity contribution is 5.52. The molecule has 0 radical (unpaired) electrons. The van der Waals surface area contributed by atoms with E-state index in [-0.39, 0.29) is 0 Å². The second kappa shape index (κ2) is 6.38. The van der Waals surface area contributed by atoms with Crippen molar-refractivity contribution >= 4 is 5.69 Å². The molecule has 0 fully saturated rings. The van der Waals surface area contributed by atoms with E-state index in [1.165, 1.54) is 11.3 Å². The van der Waals surface area contributed by atoms with Crippen LogP contribution in [0.4, 0.5) is 5.69 Å². The van der Waals surface area contributed by atoms with Crippen LogP contribution in [0.5, 0.6) is 0 Å². The first-order valence-corrected chi connectivity index (χ1v) is 6.64. The lowest BCUT2D eigenvalue weighted by atomic mass is 10.1. The molecule has 0 amide bonds. The minimum Gasteiger partial charge on any atom is -0.364 e. The first-order chi connectivity index (χ1) is 9.24. The molecule has 0 spiro atoms. The van der Waals surface area contributed by atoms with E-state index in [0.717, 1.165) is 31.1 Å². The number of hydrogen-bond acceptors (Lipinski definition) is 4. The number of para-hydroxylation sites is 1. The maximum absolute atomic E-state index is 5.38. The van der Waals surface area contributed by atoms with E-state index in [1.54, 1.807) is 0 Å². The molecule has 1 aromatic carbocycles. The van der Waals surface area contributed by atoms with Gasteiger partial charge in [0.2, 0.25) is 0 Å². The SMILES string of the molecule is CCN(Cc1cc(CNC)no1)c1ccccc1C. The van der Waals surface area contributed by atoms with Gasteiger partial charge in [0, 0.05) is 24.8 Å². The molecule has 0 aliphatic rings. The fourth-order valence-corrected chi connectivity index (χ4v) is 2.17. The average molecular weight is 259 g/mol. The van der Waals surface area contributed by atoms with Crippen molar-refractivity contribution in [1.29, 1.82) is 0 Å². The summed E-state index contributed by atoms with van der Waals surface area (Å²) in [5, 5.41) is 7.11. The molecule has 4 heteroatoms. The van der Waals surface area contributed by atoms with Crippen molar-refractivity contribution in [2.75, 3.05) is 18.5 Å². The fourth-order valence-electron chi connectivity index (χ4n) is 2.17. The Morgan fingerprint density at radius 1 is 1.32 bits per heavy atom. The van der Waals surface area contributed by atoms with Gasteiger partial charge in [-0.3, -0.25) is 0 Å². The monoisotopic (exact) mass is 259 g/mol. The van der Waals surface area contributed by atoms with Gasteiger partial charge in [0.25, 0.3) is 0 Å². The number of nitrogens with zero attached hydrogens (tertiary/aromatic N) is 2. The van der Waals surface area contributed by atoms with Gasteiger partial charge in [0.15, 0.2) is 5.76 Å². The van der Waals surface area contributed by atoms with E-state index in [0.29, 0.717) is 0 Å². The van der Waals surface area contributed by atoms with Gasteiger partial charge in [-0.25, -0.2) is 0 Å². The Morgan fingerprint density at radius 2 is 2.11 bits per heavy atom. The average Bonchev–Trinajstić information content (AvgIpc) is 2.85. The third-order valence-corrected chi connectivity index (χ3v) is 3.15. The molecule has 0 saturated heterocycles. The van der Waals surface area contributed by atoms with Crippen LogP contribution in [0.1, 0.15) is 23.9 Å². The molecule has 1 N–H and O–H groups in total. The molecular weight excluding hydrogens is 238 g/mol. The summed E-state index contributed by atoms with van der Waals surface area (Å²) in [6.45, 7) is 6.70. The zero-order chi connectivity index (χ0) is 13.7. The Balaban J connectivity index is 2.12. The van der Waals surface area contributed by atoms with Gasteiger partial charge in [0.1, 0.15) is 0 Å². The van der Waals surface area contributed by atoms with Crippen LogP contribution in [0.25, 0.3) is 0 Å². The summed E-state index contributed by atoms with van der Waals surface area (Å²) in [7, 11) is 1.90. The lowest BCUT2D eigenvalue weighted by Gasteiger charge is -2.23. The van der Waals surface area contributed by atoms with Crippen LogP contribution in [0, 0.1) is 6.92 Å². The lowest BCUT2D eigenvalue weighted by Crippen LogP contribution is -2.22. The fraction of sp³-hybridized carbons (Fsp3) is 0.400. The summed E-state index contributed by atoms with van der Waals surface area (Å²) >= 11 is 0. The Hall–Kier alpha value is -1.81. The zero-order valence-corrected chi connectivity index (χ0v) is 11.8. The Bertz CT molecular complexity index is 522. The van der Waals surface area contributed by atoms with E-state index in [4.69, 9.17) is 4.52 Å². The molecule has 0 bridgehead atoms. The molecule has 19 heavy (non-hydrogen) atoms. The first kappa shape index (κ1) is 13.6. The third kappa shape index (κ3) is 3.35. The number of rotatable bonds is 6. The molecule has 1 aromatic heterocycles. The van der Waals surface area contributed by atoms with Crippen molar-refractivity contribution in [3.05, 3.63) is 47.3 Å². The molecule has 102 valence electrons. The smallest absolute Gasteiger partial charge is 0.156 e. The predicted molar refractivity (Wildman–Crippen MR) is 77.2 cm³/mol.